The molecule has 0 saturated heterocycles. The molecule has 0 fully saturated rings. The highest BCUT2D eigenvalue weighted by molar-refractivity contribution is 5.92. The van der Waals surface area contributed by atoms with Crippen LogP contribution in [-0.4, -0.2) is 17.1 Å². The smallest absolute Gasteiger partial charge is 0.216 e. The molecule has 2 aromatic heterocycles. The maximum Gasteiger partial charge on any atom is 0.216 e. The van der Waals surface area contributed by atoms with E-state index in [4.69, 9.17) is 9.15 Å². The normalized spacial score (nSPS) is 12.3. The average Bonchev–Trinajstić information content (AvgIpc) is 2.93. The van der Waals surface area contributed by atoms with Gasteiger partial charge in [-0.05, 0) is 43.5 Å². The summed E-state index contributed by atoms with van der Waals surface area (Å²) in [6, 6.07) is 7.82. The lowest BCUT2D eigenvalue weighted by molar-refractivity contribution is 0.415. The highest BCUT2D eigenvalue weighted by Gasteiger charge is 2.13. The third-order valence-corrected chi connectivity index (χ3v) is 3.33. The Morgan fingerprint density at radius 2 is 2.10 bits per heavy atom. The second-order valence-electron chi connectivity index (χ2n) is 4.92. The lowest BCUT2D eigenvalue weighted by Gasteiger charge is -2.13. The van der Waals surface area contributed by atoms with Gasteiger partial charge in [-0.25, -0.2) is 9.97 Å². The number of pyridine rings is 1. The van der Waals surface area contributed by atoms with Crippen molar-refractivity contribution in [3.63, 3.8) is 0 Å². The highest BCUT2D eigenvalue weighted by Crippen LogP contribution is 2.27. The minimum atomic E-state index is -0.0566. The topological polar surface area (TPSA) is 60.2 Å². The number of nitrogens with zero attached hydrogens (tertiary/aromatic N) is 2. The van der Waals surface area contributed by atoms with Crippen LogP contribution in [0.25, 0.3) is 10.8 Å². The Labute approximate surface area is 123 Å². The van der Waals surface area contributed by atoms with Gasteiger partial charge in [0.15, 0.2) is 0 Å². The summed E-state index contributed by atoms with van der Waals surface area (Å²) in [5.41, 5.74) is 0. The van der Waals surface area contributed by atoms with E-state index in [0.717, 1.165) is 28.1 Å². The second kappa shape index (κ2) is 5.44. The summed E-state index contributed by atoms with van der Waals surface area (Å²) in [5, 5.41) is 5.45. The fourth-order valence-electron chi connectivity index (χ4n) is 2.24. The highest BCUT2D eigenvalue weighted by atomic mass is 16.5. The van der Waals surface area contributed by atoms with E-state index in [9.17, 15) is 0 Å². The summed E-state index contributed by atoms with van der Waals surface area (Å²) in [6.07, 6.45) is 3.49. The Kier molecular flexibility index (Phi) is 3.48. The Hall–Kier alpha value is -2.56. The number of ether oxygens (including phenoxy) is 1. The Morgan fingerprint density at radius 3 is 2.81 bits per heavy atom. The fourth-order valence-corrected chi connectivity index (χ4v) is 2.24. The summed E-state index contributed by atoms with van der Waals surface area (Å²) in [4.78, 5) is 8.66. The number of anilines is 1. The third kappa shape index (κ3) is 2.67. The number of rotatable bonds is 4. The molecule has 5 heteroatoms. The average molecular weight is 283 g/mol. The summed E-state index contributed by atoms with van der Waals surface area (Å²) in [7, 11) is 1.66. The Balaban J connectivity index is 1.93. The Morgan fingerprint density at radius 1 is 1.24 bits per heavy atom. The number of oxazole rings is 1. The van der Waals surface area contributed by atoms with Crippen LogP contribution in [0, 0.1) is 6.92 Å². The van der Waals surface area contributed by atoms with Crippen LogP contribution in [0.15, 0.2) is 41.1 Å². The molecule has 108 valence electrons. The van der Waals surface area contributed by atoms with Crippen molar-refractivity contribution in [1.29, 1.82) is 0 Å². The third-order valence-electron chi connectivity index (χ3n) is 3.33. The summed E-state index contributed by atoms with van der Waals surface area (Å²) >= 11 is 0. The zero-order valence-corrected chi connectivity index (χ0v) is 12.3. The number of aromatic nitrogens is 2. The number of fused-ring (bicyclic) bond motifs is 1. The molecular weight excluding hydrogens is 266 g/mol. The van der Waals surface area contributed by atoms with Crippen LogP contribution in [-0.2, 0) is 0 Å². The van der Waals surface area contributed by atoms with Crippen molar-refractivity contribution in [1.82, 2.24) is 9.97 Å². The van der Waals surface area contributed by atoms with E-state index >= 15 is 0 Å². The number of hydrogen-bond acceptors (Lipinski definition) is 5. The first kappa shape index (κ1) is 13.4. The van der Waals surface area contributed by atoms with Gasteiger partial charge in [0.1, 0.15) is 23.4 Å². The molecule has 0 aliphatic carbocycles. The molecule has 3 rings (SSSR count). The predicted molar refractivity (Wildman–Crippen MR) is 81.6 cm³/mol. The standard InChI is InChI=1S/C16H17N3O2/c1-10-9-18-16(21-10)11(2)19-15-14-5-4-13(20-3)8-12(14)6-7-17-15/h4-9,11H,1-3H3,(H,17,19). The van der Waals surface area contributed by atoms with E-state index in [1.54, 1.807) is 19.5 Å². The number of benzene rings is 1. The molecule has 0 amide bonds. The van der Waals surface area contributed by atoms with Crippen LogP contribution in [0.2, 0.25) is 0 Å². The zero-order chi connectivity index (χ0) is 14.8. The first-order chi connectivity index (χ1) is 10.2. The summed E-state index contributed by atoms with van der Waals surface area (Å²) in [6.45, 7) is 3.88. The van der Waals surface area contributed by atoms with Crippen molar-refractivity contribution in [3.05, 3.63) is 48.3 Å². The molecule has 1 unspecified atom stereocenters. The molecular formula is C16H17N3O2. The molecule has 0 aliphatic heterocycles. The van der Waals surface area contributed by atoms with Crippen LogP contribution in [0.4, 0.5) is 5.82 Å². The van der Waals surface area contributed by atoms with Gasteiger partial charge in [0.05, 0.1) is 13.3 Å². The van der Waals surface area contributed by atoms with Crippen molar-refractivity contribution in [2.24, 2.45) is 0 Å². The first-order valence-corrected chi connectivity index (χ1v) is 6.79. The number of hydrogen-bond donors (Lipinski definition) is 1. The lowest BCUT2D eigenvalue weighted by atomic mass is 10.1. The van der Waals surface area contributed by atoms with Crippen molar-refractivity contribution >= 4 is 16.6 Å². The number of nitrogens with one attached hydrogen (secondary N) is 1. The monoisotopic (exact) mass is 283 g/mol. The van der Waals surface area contributed by atoms with Crippen LogP contribution >= 0.6 is 0 Å². The fraction of sp³-hybridized carbons (Fsp3) is 0.250. The van der Waals surface area contributed by atoms with E-state index < -0.39 is 0 Å². The molecule has 0 spiro atoms. The van der Waals surface area contributed by atoms with Gasteiger partial charge in [0.2, 0.25) is 5.89 Å². The van der Waals surface area contributed by atoms with E-state index in [-0.39, 0.29) is 6.04 Å². The maximum atomic E-state index is 5.54. The minimum absolute atomic E-state index is 0.0566. The van der Waals surface area contributed by atoms with Gasteiger partial charge in [-0.1, -0.05) is 0 Å². The van der Waals surface area contributed by atoms with Crippen molar-refractivity contribution in [2.75, 3.05) is 12.4 Å². The largest absolute Gasteiger partial charge is 0.497 e. The van der Waals surface area contributed by atoms with Crippen molar-refractivity contribution in [3.8, 4) is 5.75 Å². The molecule has 1 N–H and O–H groups in total. The van der Waals surface area contributed by atoms with Gasteiger partial charge in [-0.2, -0.15) is 0 Å². The van der Waals surface area contributed by atoms with Gasteiger partial charge < -0.3 is 14.5 Å². The summed E-state index contributed by atoms with van der Waals surface area (Å²) < 4.78 is 10.8. The molecule has 1 aromatic carbocycles. The minimum Gasteiger partial charge on any atom is -0.497 e. The molecule has 21 heavy (non-hydrogen) atoms. The maximum absolute atomic E-state index is 5.54. The quantitative estimate of drug-likeness (QED) is 0.791. The van der Waals surface area contributed by atoms with Gasteiger partial charge in [-0.3, -0.25) is 0 Å². The molecule has 0 saturated carbocycles. The van der Waals surface area contributed by atoms with Crippen LogP contribution in [0.1, 0.15) is 24.6 Å². The molecule has 1 atom stereocenters. The predicted octanol–water partition coefficient (Wildman–Crippen LogP) is 3.71. The van der Waals surface area contributed by atoms with Crippen LogP contribution in [0.3, 0.4) is 0 Å². The molecule has 3 aromatic rings. The first-order valence-electron chi connectivity index (χ1n) is 6.79. The number of aryl methyl sites for hydroxylation is 1. The van der Waals surface area contributed by atoms with Gasteiger partial charge in [-0.15, -0.1) is 0 Å². The Bertz CT molecular complexity index is 767. The molecule has 5 nitrogen and oxygen atoms in total. The molecule has 0 aliphatic rings. The molecule has 0 bridgehead atoms. The molecule has 0 radical (unpaired) electrons. The zero-order valence-electron chi connectivity index (χ0n) is 12.3. The van der Waals surface area contributed by atoms with E-state index in [1.165, 1.54) is 0 Å². The van der Waals surface area contributed by atoms with E-state index in [2.05, 4.69) is 15.3 Å². The van der Waals surface area contributed by atoms with Crippen LogP contribution < -0.4 is 10.1 Å². The van der Waals surface area contributed by atoms with Crippen molar-refractivity contribution < 1.29 is 9.15 Å². The van der Waals surface area contributed by atoms with Gasteiger partial charge in [0, 0.05) is 11.6 Å². The molecule has 2 heterocycles. The SMILES string of the molecule is COc1ccc2c(NC(C)c3ncc(C)o3)nccc2c1. The van der Waals surface area contributed by atoms with Crippen LogP contribution in [0.5, 0.6) is 5.75 Å². The van der Waals surface area contributed by atoms with Gasteiger partial charge in [0.25, 0.3) is 0 Å². The van der Waals surface area contributed by atoms with E-state index in [1.807, 2.05) is 38.1 Å². The van der Waals surface area contributed by atoms with E-state index in [0.29, 0.717) is 5.89 Å². The second-order valence-corrected chi connectivity index (χ2v) is 4.92. The van der Waals surface area contributed by atoms with Crippen molar-refractivity contribution in [2.45, 2.75) is 19.9 Å². The lowest BCUT2D eigenvalue weighted by Crippen LogP contribution is -2.08. The van der Waals surface area contributed by atoms with Gasteiger partial charge >= 0.3 is 0 Å². The summed E-state index contributed by atoms with van der Waals surface area (Å²) in [5.74, 6) is 3.09. The number of methoxy groups -OCH3 is 1.